The highest BCUT2D eigenvalue weighted by Gasteiger charge is 2.29. The Bertz CT molecular complexity index is 828. The third-order valence-corrected chi connectivity index (χ3v) is 4.03. The van der Waals surface area contributed by atoms with E-state index in [9.17, 15) is 13.2 Å². The zero-order valence-electron chi connectivity index (χ0n) is 12.6. The second-order valence-corrected chi connectivity index (χ2v) is 5.93. The average molecular weight is 350 g/mol. The first-order chi connectivity index (χ1) is 11.4. The number of anilines is 1. The summed E-state index contributed by atoms with van der Waals surface area (Å²) in [5.41, 5.74) is 0.387. The van der Waals surface area contributed by atoms with Crippen LogP contribution in [0, 0.1) is 6.92 Å². The van der Waals surface area contributed by atoms with E-state index in [2.05, 4.69) is 14.8 Å². The van der Waals surface area contributed by atoms with E-state index in [1.54, 1.807) is 23.1 Å². The van der Waals surface area contributed by atoms with Crippen molar-refractivity contribution in [2.24, 2.45) is 0 Å². The Balaban J connectivity index is 1.73. The molecule has 1 aromatic carbocycles. The van der Waals surface area contributed by atoms with Crippen LogP contribution in [-0.2, 0) is 6.18 Å². The van der Waals surface area contributed by atoms with E-state index in [0.717, 1.165) is 17.7 Å². The first-order valence-corrected chi connectivity index (χ1v) is 7.82. The number of hydrogen-bond acceptors (Lipinski definition) is 4. The summed E-state index contributed by atoms with van der Waals surface area (Å²) >= 11 is 1.20. The summed E-state index contributed by atoms with van der Waals surface area (Å²) in [5.74, 6) is 1.34. The third-order valence-electron chi connectivity index (χ3n) is 3.22. The summed E-state index contributed by atoms with van der Waals surface area (Å²) in [4.78, 5) is 4.92. The number of aryl methyl sites for hydroxylation is 1. The third kappa shape index (κ3) is 3.70. The van der Waals surface area contributed by atoms with Crippen LogP contribution in [0.4, 0.5) is 19.0 Å². The number of aromatic nitrogens is 3. The molecule has 0 fully saturated rings. The van der Waals surface area contributed by atoms with E-state index in [4.69, 9.17) is 0 Å². The molecule has 0 atom stereocenters. The smallest absolute Gasteiger partial charge is 0.310 e. The van der Waals surface area contributed by atoms with Gasteiger partial charge in [-0.3, -0.25) is 0 Å². The fraction of sp³-hybridized carbons (Fsp3) is 0.125. The van der Waals surface area contributed by atoms with E-state index in [-0.39, 0.29) is 0 Å². The van der Waals surface area contributed by atoms with Crippen molar-refractivity contribution in [1.29, 1.82) is 0 Å². The zero-order valence-corrected chi connectivity index (χ0v) is 13.4. The van der Waals surface area contributed by atoms with Crippen molar-refractivity contribution in [1.82, 2.24) is 14.8 Å². The van der Waals surface area contributed by atoms with Crippen molar-refractivity contribution in [3.8, 4) is 5.82 Å². The van der Waals surface area contributed by atoms with Gasteiger partial charge in [0, 0.05) is 17.2 Å². The van der Waals surface area contributed by atoms with Gasteiger partial charge in [-0.25, -0.2) is 4.98 Å². The number of nitrogens with one attached hydrogen (secondary N) is 1. The Morgan fingerprint density at radius 2 is 1.79 bits per heavy atom. The summed E-state index contributed by atoms with van der Waals surface area (Å²) in [5, 5.41) is 4.22. The monoisotopic (exact) mass is 350 g/mol. The quantitative estimate of drug-likeness (QED) is 0.692. The molecular weight excluding hydrogens is 337 g/mol. The molecule has 3 aromatic rings. The maximum absolute atomic E-state index is 12.6. The first-order valence-electron chi connectivity index (χ1n) is 7.01. The van der Waals surface area contributed by atoms with E-state index >= 15 is 0 Å². The number of nitrogens with zero attached hydrogens (tertiary/aromatic N) is 3. The molecule has 0 radical (unpaired) electrons. The molecule has 1 N–H and O–H groups in total. The molecule has 2 aromatic heterocycles. The molecule has 3 rings (SSSR count). The zero-order chi connectivity index (χ0) is 17.2. The van der Waals surface area contributed by atoms with E-state index in [0.29, 0.717) is 16.5 Å². The lowest BCUT2D eigenvalue weighted by molar-refractivity contribution is -0.137. The highest BCUT2D eigenvalue weighted by atomic mass is 32.2. The standard InChI is InChI=1S/C16H13F3N4S/c1-11-6-8-20-15(10-11)23-14(7-9-21-23)22-24-13-4-2-12(3-5-13)16(17,18)19/h2-10,22H,1H3. The van der Waals surface area contributed by atoms with E-state index in [1.165, 1.54) is 24.1 Å². The number of alkyl halides is 3. The van der Waals surface area contributed by atoms with Gasteiger partial charge >= 0.3 is 6.18 Å². The molecule has 0 aliphatic heterocycles. The molecule has 0 bridgehead atoms. The number of hydrogen-bond donors (Lipinski definition) is 1. The maximum Gasteiger partial charge on any atom is 0.416 e. The average Bonchev–Trinajstić information content (AvgIpc) is 3.01. The Morgan fingerprint density at radius 3 is 2.46 bits per heavy atom. The van der Waals surface area contributed by atoms with E-state index < -0.39 is 11.7 Å². The van der Waals surface area contributed by atoms with Gasteiger partial charge in [0.05, 0.1) is 11.8 Å². The molecule has 4 nitrogen and oxygen atoms in total. The van der Waals surface area contributed by atoms with Gasteiger partial charge in [0.2, 0.25) is 0 Å². The highest BCUT2D eigenvalue weighted by molar-refractivity contribution is 8.00. The van der Waals surface area contributed by atoms with Gasteiger partial charge in [0.15, 0.2) is 5.82 Å². The fourth-order valence-electron chi connectivity index (χ4n) is 2.02. The predicted molar refractivity (Wildman–Crippen MR) is 87.0 cm³/mol. The summed E-state index contributed by atoms with van der Waals surface area (Å²) in [6, 6.07) is 10.5. The Morgan fingerprint density at radius 1 is 1.04 bits per heavy atom. The predicted octanol–water partition coefficient (Wildman–Crippen LogP) is 4.71. The number of pyridine rings is 1. The van der Waals surface area contributed by atoms with Gasteiger partial charge in [0.25, 0.3) is 0 Å². The van der Waals surface area contributed by atoms with Crippen LogP contribution in [0.25, 0.3) is 5.82 Å². The van der Waals surface area contributed by atoms with Crippen LogP contribution in [0.1, 0.15) is 11.1 Å². The van der Waals surface area contributed by atoms with Crippen LogP contribution in [0.15, 0.2) is 59.8 Å². The van der Waals surface area contributed by atoms with Gasteiger partial charge in [-0.15, -0.1) is 0 Å². The molecule has 0 unspecified atom stereocenters. The van der Waals surface area contributed by atoms with Crippen molar-refractivity contribution >= 4 is 17.8 Å². The summed E-state index contributed by atoms with van der Waals surface area (Å²) in [7, 11) is 0. The molecule has 0 spiro atoms. The lowest BCUT2D eigenvalue weighted by Crippen LogP contribution is -2.04. The van der Waals surface area contributed by atoms with Crippen molar-refractivity contribution < 1.29 is 13.2 Å². The lowest BCUT2D eigenvalue weighted by atomic mass is 10.2. The Kier molecular flexibility index (Phi) is 4.48. The van der Waals surface area contributed by atoms with Crippen LogP contribution in [0.3, 0.4) is 0 Å². The molecule has 24 heavy (non-hydrogen) atoms. The molecule has 0 saturated carbocycles. The summed E-state index contributed by atoms with van der Waals surface area (Å²) in [6.07, 6.45) is -1.01. The molecule has 2 heterocycles. The minimum Gasteiger partial charge on any atom is -0.310 e. The van der Waals surface area contributed by atoms with Gasteiger partial charge < -0.3 is 4.72 Å². The molecule has 0 aliphatic rings. The number of benzene rings is 1. The molecule has 8 heteroatoms. The normalized spacial score (nSPS) is 11.5. The van der Waals surface area contributed by atoms with E-state index in [1.807, 2.05) is 19.1 Å². The van der Waals surface area contributed by atoms with Gasteiger partial charge in [-0.05, 0) is 60.8 Å². The second-order valence-electron chi connectivity index (χ2n) is 5.05. The molecule has 0 saturated heterocycles. The summed E-state index contributed by atoms with van der Waals surface area (Å²) < 4.78 is 42.4. The van der Waals surface area contributed by atoms with Crippen molar-refractivity contribution in [3.63, 3.8) is 0 Å². The molecule has 124 valence electrons. The molecule has 0 aliphatic carbocycles. The minimum atomic E-state index is -4.33. The van der Waals surface area contributed by atoms with Crippen LogP contribution >= 0.6 is 11.9 Å². The summed E-state index contributed by atoms with van der Waals surface area (Å²) in [6.45, 7) is 1.96. The molecule has 0 amide bonds. The van der Waals surface area contributed by atoms with Crippen molar-refractivity contribution in [2.75, 3.05) is 4.72 Å². The van der Waals surface area contributed by atoms with Gasteiger partial charge in [-0.2, -0.15) is 23.0 Å². The lowest BCUT2D eigenvalue weighted by Gasteiger charge is -2.10. The van der Waals surface area contributed by atoms with Gasteiger partial charge in [-0.1, -0.05) is 0 Å². The van der Waals surface area contributed by atoms with Crippen LogP contribution in [-0.4, -0.2) is 14.8 Å². The number of halogens is 3. The van der Waals surface area contributed by atoms with Gasteiger partial charge in [0.1, 0.15) is 5.82 Å². The number of rotatable bonds is 4. The largest absolute Gasteiger partial charge is 0.416 e. The van der Waals surface area contributed by atoms with Crippen LogP contribution in [0.5, 0.6) is 0 Å². The Labute approximate surface area is 140 Å². The maximum atomic E-state index is 12.6. The fourth-order valence-corrected chi connectivity index (χ4v) is 2.67. The second kappa shape index (κ2) is 6.56. The highest BCUT2D eigenvalue weighted by Crippen LogP contribution is 2.31. The van der Waals surface area contributed by atoms with Crippen molar-refractivity contribution in [3.05, 3.63) is 66.0 Å². The SMILES string of the molecule is Cc1ccnc(-n2nccc2NSc2ccc(C(F)(F)F)cc2)c1. The first kappa shape index (κ1) is 16.4. The van der Waals surface area contributed by atoms with Crippen LogP contribution < -0.4 is 4.72 Å². The topological polar surface area (TPSA) is 42.7 Å². The molecular formula is C16H13F3N4S. The van der Waals surface area contributed by atoms with Crippen LogP contribution in [0.2, 0.25) is 0 Å². The Hall–Kier alpha value is -2.48. The van der Waals surface area contributed by atoms with Crippen molar-refractivity contribution in [2.45, 2.75) is 18.0 Å². The minimum absolute atomic E-state index is 0.660.